The minimum absolute atomic E-state index is 0.0255. The molecule has 1 saturated heterocycles. The molecule has 0 radical (unpaired) electrons. The fourth-order valence-electron chi connectivity index (χ4n) is 1.42. The molecule has 1 aromatic rings. The zero-order chi connectivity index (χ0) is 14.9. The number of carboxylic acids is 1. The van der Waals surface area contributed by atoms with Gasteiger partial charge in [-0.15, -0.1) is 0 Å². The maximum absolute atomic E-state index is 11.8. The summed E-state index contributed by atoms with van der Waals surface area (Å²) < 4.78 is 4.82. The van der Waals surface area contributed by atoms with E-state index in [2.05, 4.69) is 0 Å². The van der Waals surface area contributed by atoms with Gasteiger partial charge in [0.25, 0.3) is 11.1 Å². The Morgan fingerprint density at radius 2 is 2.20 bits per heavy atom. The van der Waals surface area contributed by atoms with E-state index in [-0.39, 0.29) is 10.7 Å². The van der Waals surface area contributed by atoms with Crippen molar-refractivity contribution in [1.82, 2.24) is 4.90 Å². The molecule has 1 aliphatic rings. The van der Waals surface area contributed by atoms with E-state index in [4.69, 9.17) is 9.52 Å². The van der Waals surface area contributed by atoms with Crippen LogP contribution in [-0.2, 0) is 9.59 Å². The van der Waals surface area contributed by atoms with E-state index in [9.17, 15) is 24.5 Å². The van der Waals surface area contributed by atoms with Crippen molar-refractivity contribution >= 4 is 40.8 Å². The summed E-state index contributed by atoms with van der Waals surface area (Å²) in [6, 6.07) is 2.37. The molecule has 0 atom stereocenters. The van der Waals surface area contributed by atoms with Gasteiger partial charge < -0.3 is 9.52 Å². The van der Waals surface area contributed by atoms with Crippen LogP contribution in [0.4, 0.5) is 10.7 Å². The molecule has 2 heterocycles. The predicted octanol–water partition coefficient (Wildman–Crippen LogP) is 1.31. The van der Waals surface area contributed by atoms with Gasteiger partial charge in [0.2, 0.25) is 0 Å². The SMILES string of the molecule is O=C(O)CN1C(=O)S/C(=C\c2ccc([N+](=O)[O-])o2)C1=O. The van der Waals surface area contributed by atoms with Crippen molar-refractivity contribution in [2.75, 3.05) is 6.54 Å². The summed E-state index contributed by atoms with van der Waals surface area (Å²) in [5.74, 6) is -2.57. The molecule has 0 aromatic carbocycles. The van der Waals surface area contributed by atoms with E-state index in [0.29, 0.717) is 16.7 Å². The Balaban J connectivity index is 2.22. The van der Waals surface area contributed by atoms with Gasteiger partial charge in [0.1, 0.15) is 17.2 Å². The van der Waals surface area contributed by atoms with Gasteiger partial charge >= 0.3 is 11.9 Å². The predicted molar refractivity (Wildman–Crippen MR) is 65.7 cm³/mol. The summed E-state index contributed by atoms with van der Waals surface area (Å²) in [5, 5.41) is 18.3. The van der Waals surface area contributed by atoms with Gasteiger partial charge in [-0.1, -0.05) is 0 Å². The average molecular weight is 298 g/mol. The number of carbonyl (C=O) groups is 3. The molecule has 2 amide bonds. The monoisotopic (exact) mass is 298 g/mol. The number of hydrogen-bond donors (Lipinski definition) is 1. The lowest BCUT2D eigenvalue weighted by atomic mass is 10.3. The number of amides is 2. The minimum Gasteiger partial charge on any atom is -0.480 e. The van der Waals surface area contributed by atoms with Gasteiger partial charge in [-0.3, -0.25) is 29.4 Å². The highest BCUT2D eigenvalue weighted by Gasteiger charge is 2.36. The number of furan rings is 1. The van der Waals surface area contributed by atoms with Crippen molar-refractivity contribution in [1.29, 1.82) is 0 Å². The first-order chi connectivity index (χ1) is 9.38. The number of carbonyl (C=O) groups excluding carboxylic acids is 2. The van der Waals surface area contributed by atoms with Crippen molar-refractivity contribution < 1.29 is 28.8 Å². The molecule has 9 nitrogen and oxygen atoms in total. The molecule has 0 bridgehead atoms. The highest BCUT2D eigenvalue weighted by atomic mass is 32.2. The highest BCUT2D eigenvalue weighted by Crippen LogP contribution is 2.32. The van der Waals surface area contributed by atoms with E-state index in [0.717, 1.165) is 12.1 Å². The quantitative estimate of drug-likeness (QED) is 0.500. The molecule has 104 valence electrons. The molecular weight excluding hydrogens is 292 g/mol. The van der Waals surface area contributed by atoms with Crippen LogP contribution in [0.2, 0.25) is 0 Å². The number of thioether (sulfide) groups is 1. The average Bonchev–Trinajstić information content (AvgIpc) is 2.91. The molecule has 0 spiro atoms. The van der Waals surface area contributed by atoms with E-state index in [1.165, 1.54) is 6.07 Å². The van der Waals surface area contributed by atoms with Crippen molar-refractivity contribution in [2.24, 2.45) is 0 Å². The molecule has 0 saturated carbocycles. The van der Waals surface area contributed by atoms with Crippen LogP contribution in [0.25, 0.3) is 6.08 Å². The van der Waals surface area contributed by atoms with Crippen molar-refractivity contribution in [3.05, 3.63) is 32.9 Å². The Bertz CT molecular complexity index is 648. The van der Waals surface area contributed by atoms with Gasteiger partial charge in [0.15, 0.2) is 0 Å². The van der Waals surface area contributed by atoms with Crippen molar-refractivity contribution in [3.63, 3.8) is 0 Å². The molecule has 0 aliphatic carbocycles. The molecule has 0 unspecified atom stereocenters. The molecule has 10 heteroatoms. The van der Waals surface area contributed by atoms with E-state index < -0.39 is 34.5 Å². The summed E-state index contributed by atoms with van der Waals surface area (Å²) in [5.41, 5.74) is 0. The molecule has 2 rings (SSSR count). The van der Waals surface area contributed by atoms with E-state index in [1.807, 2.05) is 0 Å². The fraction of sp³-hybridized carbons (Fsp3) is 0.100. The summed E-state index contributed by atoms with van der Waals surface area (Å²) in [4.78, 5) is 44.0. The number of rotatable bonds is 4. The van der Waals surface area contributed by atoms with Crippen LogP contribution in [0.15, 0.2) is 21.5 Å². The van der Waals surface area contributed by atoms with Crippen LogP contribution < -0.4 is 0 Å². The number of hydrogen-bond acceptors (Lipinski definition) is 7. The fourth-order valence-corrected chi connectivity index (χ4v) is 2.24. The normalized spacial score (nSPS) is 17.0. The summed E-state index contributed by atoms with van der Waals surface area (Å²) in [7, 11) is 0. The van der Waals surface area contributed by atoms with Crippen molar-refractivity contribution in [2.45, 2.75) is 0 Å². The van der Waals surface area contributed by atoms with Crippen LogP contribution in [0, 0.1) is 10.1 Å². The molecule has 1 N–H and O–H groups in total. The molecule has 1 fully saturated rings. The molecular formula is C10H6N2O7S. The standard InChI is InChI=1S/C10H6N2O7S/c13-8(14)4-11-9(15)6(20-10(11)16)3-5-1-2-7(19-5)12(17)18/h1-3H,4H2,(H,13,14)/b6-3-. The van der Waals surface area contributed by atoms with E-state index in [1.54, 1.807) is 0 Å². The number of imide groups is 1. The molecule has 1 aliphatic heterocycles. The first-order valence-electron chi connectivity index (χ1n) is 5.10. The third kappa shape index (κ3) is 2.69. The zero-order valence-electron chi connectivity index (χ0n) is 9.64. The second kappa shape index (κ2) is 5.17. The Kier molecular flexibility index (Phi) is 3.57. The molecule has 1 aromatic heterocycles. The second-order valence-electron chi connectivity index (χ2n) is 3.59. The van der Waals surface area contributed by atoms with Gasteiger partial charge in [0, 0.05) is 6.08 Å². The number of carboxylic acid groups (broad SMARTS) is 1. The minimum atomic E-state index is -1.32. The molecule has 20 heavy (non-hydrogen) atoms. The Morgan fingerprint density at radius 1 is 1.50 bits per heavy atom. The topological polar surface area (TPSA) is 131 Å². The van der Waals surface area contributed by atoms with Gasteiger partial charge in [0.05, 0.1) is 11.0 Å². The van der Waals surface area contributed by atoms with E-state index >= 15 is 0 Å². The largest absolute Gasteiger partial charge is 0.480 e. The van der Waals surface area contributed by atoms with Crippen LogP contribution in [0.1, 0.15) is 5.76 Å². The highest BCUT2D eigenvalue weighted by molar-refractivity contribution is 8.18. The van der Waals surface area contributed by atoms with Crippen LogP contribution >= 0.6 is 11.8 Å². The Morgan fingerprint density at radius 3 is 2.75 bits per heavy atom. The lowest BCUT2D eigenvalue weighted by Crippen LogP contribution is -2.33. The number of nitro groups is 1. The van der Waals surface area contributed by atoms with Crippen molar-refractivity contribution in [3.8, 4) is 0 Å². The Labute approximate surface area is 115 Å². The van der Waals surface area contributed by atoms with Crippen LogP contribution in [-0.4, -0.2) is 38.6 Å². The van der Waals surface area contributed by atoms with Crippen LogP contribution in [0.3, 0.4) is 0 Å². The summed E-state index contributed by atoms with van der Waals surface area (Å²) >= 11 is 0.542. The first-order valence-corrected chi connectivity index (χ1v) is 5.91. The smallest absolute Gasteiger partial charge is 0.433 e. The maximum Gasteiger partial charge on any atom is 0.433 e. The van der Waals surface area contributed by atoms with Gasteiger partial charge in [-0.2, -0.15) is 0 Å². The first kappa shape index (κ1) is 13.8. The summed E-state index contributed by atoms with van der Waals surface area (Å²) in [6.07, 6.45) is 1.15. The number of aliphatic carboxylic acids is 1. The lowest BCUT2D eigenvalue weighted by molar-refractivity contribution is -0.402. The second-order valence-corrected chi connectivity index (χ2v) is 4.59. The van der Waals surface area contributed by atoms with Crippen LogP contribution in [0.5, 0.6) is 0 Å². The zero-order valence-corrected chi connectivity index (χ0v) is 10.5. The summed E-state index contributed by atoms with van der Waals surface area (Å²) in [6.45, 7) is -0.736. The maximum atomic E-state index is 11.8. The lowest BCUT2D eigenvalue weighted by Gasteiger charge is -2.07. The van der Waals surface area contributed by atoms with Gasteiger partial charge in [-0.25, -0.2) is 0 Å². The number of nitrogens with zero attached hydrogens (tertiary/aromatic N) is 2. The third-order valence-corrected chi connectivity index (χ3v) is 3.14. The van der Waals surface area contributed by atoms with Gasteiger partial charge in [-0.05, 0) is 17.8 Å². The Hall–Kier alpha value is -2.62. The third-order valence-electron chi connectivity index (χ3n) is 2.23.